The first-order valence-corrected chi connectivity index (χ1v) is 14.5. The van der Waals surface area contributed by atoms with Crippen LogP contribution in [-0.4, -0.2) is 6.61 Å². The van der Waals surface area contributed by atoms with Gasteiger partial charge in [0.05, 0.1) is 6.61 Å². The molecule has 0 atom stereocenters. The minimum absolute atomic E-state index is 0.781. The Balaban J connectivity index is 1.25. The molecule has 0 aromatic heterocycles. The summed E-state index contributed by atoms with van der Waals surface area (Å²) in [5, 5.41) is 0. The van der Waals surface area contributed by atoms with E-state index >= 15 is 0 Å². The highest BCUT2D eigenvalue weighted by atomic mass is 16.5. The molecule has 32 heavy (non-hydrogen) atoms. The Morgan fingerprint density at radius 2 is 1.12 bits per heavy atom. The summed E-state index contributed by atoms with van der Waals surface area (Å²) in [6.07, 6.45) is 25.5. The quantitative estimate of drug-likeness (QED) is 0.261. The predicted molar refractivity (Wildman–Crippen MR) is 140 cm³/mol. The van der Waals surface area contributed by atoms with E-state index < -0.39 is 0 Å². The van der Waals surface area contributed by atoms with Crippen LogP contribution in [0.3, 0.4) is 0 Å². The molecule has 1 heteroatoms. The predicted octanol–water partition coefficient (Wildman–Crippen LogP) is 10.1. The van der Waals surface area contributed by atoms with Crippen molar-refractivity contribution < 1.29 is 4.74 Å². The summed E-state index contributed by atoms with van der Waals surface area (Å²) in [4.78, 5) is 0. The van der Waals surface area contributed by atoms with Crippen molar-refractivity contribution >= 4 is 0 Å². The summed E-state index contributed by atoms with van der Waals surface area (Å²) in [5.74, 6) is 4.84. The van der Waals surface area contributed by atoms with Gasteiger partial charge in [-0.05, 0) is 79.9 Å². The second kappa shape index (κ2) is 15.0. The molecule has 1 aromatic carbocycles. The molecule has 0 spiro atoms. The molecular weight excluding hydrogens is 388 g/mol. The number of ether oxygens (including phenoxy) is 1. The summed E-state index contributed by atoms with van der Waals surface area (Å²) < 4.78 is 6.10. The normalized spacial score (nSPS) is 26.2. The average Bonchev–Trinajstić information content (AvgIpc) is 2.85. The smallest absolute Gasteiger partial charge is 0.119 e. The lowest BCUT2D eigenvalue weighted by Gasteiger charge is -2.29. The number of unbranched alkanes of at least 4 members (excludes halogenated alkanes) is 4. The fourth-order valence-corrected chi connectivity index (χ4v) is 6.34. The molecule has 0 aliphatic heterocycles. The molecule has 3 rings (SSSR count). The Morgan fingerprint density at radius 1 is 0.594 bits per heavy atom. The second-order valence-corrected chi connectivity index (χ2v) is 11.2. The van der Waals surface area contributed by atoms with Gasteiger partial charge in [0.2, 0.25) is 0 Å². The Labute approximate surface area is 200 Å². The van der Waals surface area contributed by atoms with Gasteiger partial charge in [0, 0.05) is 0 Å². The summed E-state index contributed by atoms with van der Waals surface area (Å²) in [7, 11) is 0. The number of rotatable bonds is 14. The van der Waals surface area contributed by atoms with E-state index in [4.69, 9.17) is 4.74 Å². The van der Waals surface area contributed by atoms with Crippen LogP contribution in [0.5, 0.6) is 5.75 Å². The SMILES string of the molecule is CCCCCC[C@H]1CC[C@H](CCCOc2ccc([C@H]3CC[C@H](CCCC)CC3)cc2)CC1. The fraction of sp³-hybridized carbons (Fsp3) is 0.806. The highest BCUT2D eigenvalue weighted by molar-refractivity contribution is 5.29. The van der Waals surface area contributed by atoms with Gasteiger partial charge in [-0.3, -0.25) is 0 Å². The zero-order chi connectivity index (χ0) is 22.4. The molecule has 0 bridgehead atoms. The first kappa shape index (κ1) is 25.6. The third kappa shape index (κ3) is 9.11. The molecule has 2 saturated carbocycles. The van der Waals surface area contributed by atoms with Gasteiger partial charge in [-0.25, -0.2) is 0 Å². The molecule has 182 valence electrons. The van der Waals surface area contributed by atoms with E-state index in [1.807, 2.05) is 0 Å². The molecule has 0 amide bonds. The van der Waals surface area contributed by atoms with Crippen molar-refractivity contribution in [1.82, 2.24) is 0 Å². The van der Waals surface area contributed by atoms with Crippen LogP contribution < -0.4 is 4.74 Å². The Morgan fingerprint density at radius 3 is 1.72 bits per heavy atom. The first-order chi connectivity index (χ1) is 15.8. The molecular formula is C31H52O. The largest absolute Gasteiger partial charge is 0.494 e. The van der Waals surface area contributed by atoms with E-state index in [2.05, 4.69) is 38.1 Å². The van der Waals surface area contributed by atoms with Crippen LogP contribution in [0.15, 0.2) is 24.3 Å². The van der Waals surface area contributed by atoms with Crippen LogP contribution in [-0.2, 0) is 0 Å². The van der Waals surface area contributed by atoms with Crippen LogP contribution in [0.4, 0.5) is 0 Å². The van der Waals surface area contributed by atoms with Crippen LogP contribution in [0.25, 0.3) is 0 Å². The Bertz CT molecular complexity index is 575. The van der Waals surface area contributed by atoms with Crippen molar-refractivity contribution in [3.63, 3.8) is 0 Å². The molecule has 0 heterocycles. The minimum Gasteiger partial charge on any atom is -0.494 e. The van der Waals surface area contributed by atoms with Crippen molar-refractivity contribution in [3.8, 4) is 5.75 Å². The molecule has 2 fully saturated rings. The monoisotopic (exact) mass is 440 g/mol. The molecule has 0 unspecified atom stereocenters. The first-order valence-electron chi connectivity index (χ1n) is 14.5. The van der Waals surface area contributed by atoms with E-state index in [0.29, 0.717) is 0 Å². The lowest BCUT2D eigenvalue weighted by molar-refractivity contribution is 0.228. The van der Waals surface area contributed by atoms with Gasteiger partial charge in [0.1, 0.15) is 5.75 Å². The second-order valence-electron chi connectivity index (χ2n) is 11.2. The molecule has 0 N–H and O–H groups in total. The zero-order valence-electron chi connectivity index (χ0n) is 21.5. The molecule has 0 saturated heterocycles. The van der Waals surface area contributed by atoms with E-state index in [9.17, 15) is 0 Å². The summed E-state index contributed by atoms with van der Waals surface area (Å²) in [5.41, 5.74) is 1.54. The fourth-order valence-electron chi connectivity index (χ4n) is 6.34. The highest BCUT2D eigenvalue weighted by Crippen LogP contribution is 2.38. The van der Waals surface area contributed by atoms with Crippen molar-refractivity contribution in [2.24, 2.45) is 17.8 Å². The maximum atomic E-state index is 6.10. The molecule has 1 aromatic rings. The topological polar surface area (TPSA) is 9.23 Å². The third-order valence-electron chi connectivity index (χ3n) is 8.62. The maximum absolute atomic E-state index is 6.10. The van der Waals surface area contributed by atoms with Crippen molar-refractivity contribution in [1.29, 1.82) is 0 Å². The number of hydrogen-bond donors (Lipinski definition) is 0. The van der Waals surface area contributed by atoms with E-state index in [1.165, 1.54) is 121 Å². The van der Waals surface area contributed by atoms with Gasteiger partial charge in [0.15, 0.2) is 0 Å². The van der Waals surface area contributed by atoms with E-state index in [-0.39, 0.29) is 0 Å². The van der Waals surface area contributed by atoms with Gasteiger partial charge in [0.25, 0.3) is 0 Å². The summed E-state index contributed by atoms with van der Waals surface area (Å²) in [6, 6.07) is 9.13. The number of hydrogen-bond acceptors (Lipinski definition) is 1. The van der Waals surface area contributed by atoms with Crippen LogP contribution in [0, 0.1) is 17.8 Å². The van der Waals surface area contributed by atoms with Gasteiger partial charge in [-0.1, -0.05) is 103 Å². The van der Waals surface area contributed by atoms with E-state index in [1.54, 1.807) is 0 Å². The lowest BCUT2D eigenvalue weighted by atomic mass is 9.77. The van der Waals surface area contributed by atoms with Gasteiger partial charge >= 0.3 is 0 Å². The molecule has 2 aliphatic rings. The van der Waals surface area contributed by atoms with Crippen LogP contribution in [0.2, 0.25) is 0 Å². The minimum atomic E-state index is 0.781. The zero-order valence-corrected chi connectivity index (χ0v) is 21.5. The maximum Gasteiger partial charge on any atom is 0.119 e. The Kier molecular flexibility index (Phi) is 12.0. The van der Waals surface area contributed by atoms with Gasteiger partial charge in [-0.15, -0.1) is 0 Å². The van der Waals surface area contributed by atoms with Crippen LogP contribution >= 0.6 is 0 Å². The Hall–Kier alpha value is -0.980. The van der Waals surface area contributed by atoms with Gasteiger partial charge < -0.3 is 4.74 Å². The highest BCUT2D eigenvalue weighted by Gasteiger charge is 2.22. The van der Waals surface area contributed by atoms with Crippen molar-refractivity contribution in [2.75, 3.05) is 6.61 Å². The number of benzene rings is 1. The van der Waals surface area contributed by atoms with Crippen molar-refractivity contribution in [2.45, 2.75) is 135 Å². The molecule has 1 nitrogen and oxygen atoms in total. The molecule has 2 aliphatic carbocycles. The van der Waals surface area contributed by atoms with Gasteiger partial charge in [-0.2, -0.15) is 0 Å². The standard InChI is InChI=1S/C31H52O/c1-3-5-7-8-11-27-13-15-28(16-14-27)12-9-25-32-31-23-21-30(22-24-31)29-19-17-26(18-20-29)10-6-4-2/h21-24,26-29H,3-20,25H2,1-2H3/t26-,27-,28-,29-. The summed E-state index contributed by atoms with van der Waals surface area (Å²) in [6.45, 7) is 5.51. The molecule has 0 radical (unpaired) electrons. The van der Waals surface area contributed by atoms with E-state index in [0.717, 1.165) is 36.0 Å². The lowest BCUT2D eigenvalue weighted by Crippen LogP contribution is -2.15. The third-order valence-corrected chi connectivity index (χ3v) is 8.62. The average molecular weight is 441 g/mol. The summed E-state index contributed by atoms with van der Waals surface area (Å²) >= 11 is 0. The van der Waals surface area contributed by atoms with Crippen molar-refractivity contribution in [3.05, 3.63) is 29.8 Å². The van der Waals surface area contributed by atoms with Crippen LogP contribution in [0.1, 0.15) is 141 Å².